The third-order valence-corrected chi connectivity index (χ3v) is 3.53. The molecular formula is C14H12BrN3O5. The number of carbonyl (C=O) groups excluding carboxylic acids is 1. The van der Waals surface area contributed by atoms with Crippen LogP contribution in [0.4, 0.5) is 5.69 Å². The van der Waals surface area contributed by atoms with Gasteiger partial charge in [-0.05, 0) is 28.9 Å². The van der Waals surface area contributed by atoms with Crippen LogP contribution in [0.15, 0.2) is 35.1 Å². The first-order valence-corrected chi connectivity index (χ1v) is 7.23. The Morgan fingerprint density at radius 2 is 2.00 bits per heavy atom. The molecule has 0 spiro atoms. The number of nitro benzene ring substituents is 1. The van der Waals surface area contributed by atoms with Crippen LogP contribution in [0.3, 0.4) is 0 Å². The van der Waals surface area contributed by atoms with Crippen molar-refractivity contribution in [3.05, 3.63) is 56.6 Å². The number of rotatable bonds is 5. The Balaban J connectivity index is 2.39. The number of ether oxygens (including phenoxy) is 2. The van der Waals surface area contributed by atoms with Crippen molar-refractivity contribution in [1.82, 2.24) is 9.97 Å². The molecule has 0 fully saturated rings. The summed E-state index contributed by atoms with van der Waals surface area (Å²) in [5, 5.41) is 11.1. The Morgan fingerprint density at radius 1 is 1.35 bits per heavy atom. The summed E-state index contributed by atoms with van der Waals surface area (Å²) in [5.74, 6) is -0.133. The minimum Gasteiger partial charge on any atom is -0.482 e. The summed E-state index contributed by atoms with van der Waals surface area (Å²) in [5.41, 5.74) is -0.573. The van der Waals surface area contributed by atoms with Crippen molar-refractivity contribution in [2.75, 3.05) is 7.11 Å². The average Bonchev–Trinajstić information content (AvgIpc) is 2.56. The molecule has 1 heterocycles. The predicted molar refractivity (Wildman–Crippen MR) is 83.2 cm³/mol. The molecule has 0 N–H and O–H groups in total. The standard InChI is InChI=1S/C14H12BrN3O5/c1-8(13-16-4-3-5-17-13)23-12-6-9(14(19)22-2)11(18(20)21)7-10(12)15/h3-8H,1-2H3/t8-/m0/s1. The van der Waals surface area contributed by atoms with Gasteiger partial charge in [0.25, 0.3) is 5.69 Å². The minimum atomic E-state index is -0.822. The maximum absolute atomic E-state index is 11.7. The lowest BCUT2D eigenvalue weighted by Crippen LogP contribution is -2.10. The van der Waals surface area contributed by atoms with Gasteiger partial charge in [-0.15, -0.1) is 0 Å². The summed E-state index contributed by atoms with van der Waals surface area (Å²) in [6, 6.07) is 4.13. The van der Waals surface area contributed by atoms with E-state index in [1.54, 1.807) is 25.4 Å². The van der Waals surface area contributed by atoms with E-state index in [-0.39, 0.29) is 17.0 Å². The van der Waals surface area contributed by atoms with E-state index >= 15 is 0 Å². The van der Waals surface area contributed by atoms with Gasteiger partial charge in [0.05, 0.1) is 16.5 Å². The van der Waals surface area contributed by atoms with Gasteiger partial charge in [0.15, 0.2) is 11.9 Å². The van der Waals surface area contributed by atoms with Crippen LogP contribution in [-0.4, -0.2) is 28.0 Å². The lowest BCUT2D eigenvalue weighted by Gasteiger charge is -2.15. The zero-order valence-electron chi connectivity index (χ0n) is 12.2. The summed E-state index contributed by atoms with van der Waals surface area (Å²) in [6.45, 7) is 1.72. The van der Waals surface area contributed by atoms with Crippen LogP contribution in [-0.2, 0) is 4.74 Å². The Morgan fingerprint density at radius 3 is 2.57 bits per heavy atom. The first-order chi connectivity index (χ1) is 10.9. The fourth-order valence-electron chi connectivity index (χ4n) is 1.82. The molecule has 2 aromatic rings. The molecular weight excluding hydrogens is 370 g/mol. The Labute approximate surface area is 139 Å². The number of hydrogen-bond donors (Lipinski definition) is 0. The van der Waals surface area contributed by atoms with Crippen LogP contribution in [0.2, 0.25) is 0 Å². The fourth-order valence-corrected chi connectivity index (χ4v) is 2.25. The molecule has 8 nitrogen and oxygen atoms in total. The van der Waals surface area contributed by atoms with Crippen LogP contribution in [0, 0.1) is 10.1 Å². The number of halogens is 1. The smallest absolute Gasteiger partial charge is 0.345 e. The number of nitrogens with zero attached hydrogens (tertiary/aromatic N) is 3. The Hall–Kier alpha value is -2.55. The van der Waals surface area contributed by atoms with Crippen molar-refractivity contribution < 1.29 is 19.2 Å². The molecule has 1 aromatic heterocycles. The van der Waals surface area contributed by atoms with E-state index < -0.39 is 17.0 Å². The van der Waals surface area contributed by atoms with E-state index in [4.69, 9.17) is 4.74 Å². The molecule has 0 unspecified atom stereocenters. The predicted octanol–water partition coefficient (Wildman–Crippen LogP) is 3.07. The molecule has 0 aliphatic carbocycles. The number of nitro groups is 1. The first kappa shape index (κ1) is 16.8. The van der Waals surface area contributed by atoms with Crippen LogP contribution in [0.25, 0.3) is 0 Å². The molecule has 23 heavy (non-hydrogen) atoms. The summed E-state index contributed by atoms with van der Waals surface area (Å²) in [4.78, 5) is 30.3. The summed E-state index contributed by atoms with van der Waals surface area (Å²) in [7, 11) is 1.15. The molecule has 0 amide bonds. The van der Waals surface area contributed by atoms with Crippen LogP contribution >= 0.6 is 15.9 Å². The van der Waals surface area contributed by atoms with Crippen molar-refractivity contribution in [3.8, 4) is 5.75 Å². The number of methoxy groups -OCH3 is 1. The summed E-state index contributed by atoms with van der Waals surface area (Å²) in [6.07, 6.45) is 2.64. The van der Waals surface area contributed by atoms with Crippen molar-refractivity contribution >= 4 is 27.6 Å². The molecule has 0 aliphatic heterocycles. The van der Waals surface area contributed by atoms with E-state index in [0.29, 0.717) is 10.3 Å². The molecule has 0 bridgehead atoms. The number of hydrogen-bond acceptors (Lipinski definition) is 7. The third kappa shape index (κ3) is 3.81. The largest absolute Gasteiger partial charge is 0.482 e. The molecule has 2 rings (SSSR count). The molecule has 0 saturated carbocycles. The molecule has 1 atom stereocenters. The van der Waals surface area contributed by atoms with Crippen molar-refractivity contribution in [2.24, 2.45) is 0 Å². The quantitative estimate of drug-likeness (QED) is 0.445. The van der Waals surface area contributed by atoms with Gasteiger partial charge in [0, 0.05) is 24.5 Å². The average molecular weight is 382 g/mol. The zero-order chi connectivity index (χ0) is 17.0. The lowest BCUT2D eigenvalue weighted by atomic mass is 10.1. The highest BCUT2D eigenvalue weighted by molar-refractivity contribution is 9.10. The maximum atomic E-state index is 11.7. The van der Waals surface area contributed by atoms with Crippen molar-refractivity contribution in [2.45, 2.75) is 13.0 Å². The normalized spacial score (nSPS) is 11.6. The Kier molecular flexibility index (Phi) is 5.22. The van der Waals surface area contributed by atoms with Gasteiger partial charge in [0.2, 0.25) is 0 Å². The van der Waals surface area contributed by atoms with Gasteiger partial charge in [0.1, 0.15) is 11.3 Å². The summed E-state index contributed by atoms with van der Waals surface area (Å²) < 4.78 is 10.6. The summed E-state index contributed by atoms with van der Waals surface area (Å²) >= 11 is 3.20. The Bertz CT molecular complexity index is 739. The van der Waals surface area contributed by atoms with Crippen molar-refractivity contribution in [1.29, 1.82) is 0 Å². The fraction of sp³-hybridized carbons (Fsp3) is 0.214. The van der Waals surface area contributed by atoms with Crippen LogP contribution in [0.1, 0.15) is 29.2 Å². The van der Waals surface area contributed by atoms with Gasteiger partial charge in [-0.25, -0.2) is 14.8 Å². The molecule has 0 aliphatic rings. The number of aromatic nitrogens is 2. The second-order valence-electron chi connectivity index (χ2n) is 4.42. The second-order valence-corrected chi connectivity index (χ2v) is 5.27. The van der Waals surface area contributed by atoms with Gasteiger partial charge in [-0.3, -0.25) is 10.1 Å². The maximum Gasteiger partial charge on any atom is 0.345 e. The molecule has 0 radical (unpaired) electrons. The highest BCUT2D eigenvalue weighted by Gasteiger charge is 2.25. The molecule has 0 saturated heterocycles. The number of benzene rings is 1. The number of esters is 1. The van der Waals surface area contributed by atoms with Gasteiger partial charge < -0.3 is 9.47 Å². The molecule has 120 valence electrons. The SMILES string of the molecule is COC(=O)c1cc(O[C@@H](C)c2ncccn2)c(Br)cc1[N+](=O)[O-]. The second kappa shape index (κ2) is 7.14. The first-order valence-electron chi connectivity index (χ1n) is 6.44. The highest BCUT2D eigenvalue weighted by atomic mass is 79.9. The van der Waals surface area contributed by atoms with E-state index in [9.17, 15) is 14.9 Å². The van der Waals surface area contributed by atoms with Gasteiger partial charge in [-0.2, -0.15) is 0 Å². The zero-order valence-corrected chi connectivity index (χ0v) is 13.8. The number of carbonyl (C=O) groups is 1. The van der Waals surface area contributed by atoms with E-state index in [0.717, 1.165) is 7.11 Å². The monoisotopic (exact) mass is 381 g/mol. The van der Waals surface area contributed by atoms with Crippen LogP contribution in [0.5, 0.6) is 5.75 Å². The van der Waals surface area contributed by atoms with E-state index in [1.165, 1.54) is 12.1 Å². The third-order valence-electron chi connectivity index (χ3n) is 2.91. The van der Waals surface area contributed by atoms with Crippen LogP contribution < -0.4 is 4.74 Å². The van der Waals surface area contributed by atoms with E-state index in [1.807, 2.05) is 0 Å². The van der Waals surface area contributed by atoms with Crippen molar-refractivity contribution in [3.63, 3.8) is 0 Å². The topological polar surface area (TPSA) is 104 Å². The van der Waals surface area contributed by atoms with Gasteiger partial charge >= 0.3 is 5.97 Å². The highest BCUT2D eigenvalue weighted by Crippen LogP contribution is 2.35. The van der Waals surface area contributed by atoms with E-state index in [2.05, 4.69) is 30.6 Å². The molecule has 1 aromatic carbocycles. The van der Waals surface area contributed by atoms with Gasteiger partial charge in [-0.1, -0.05) is 0 Å². The minimum absolute atomic E-state index is 0.197. The lowest BCUT2D eigenvalue weighted by molar-refractivity contribution is -0.385. The molecule has 9 heteroatoms.